The third-order valence-electron chi connectivity index (χ3n) is 6.78. The summed E-state index contributed by atoms with van der Waals surface area (Å²) in [7, 11) is 0. The maximum Gasteiger partial charge on any atom is 0.311 e. The largest absolute Gasteiger partial charge is 0.461 e. The van der Waals surface area contributed by atoms with Crippen molar-refractivity contribution in [2.24, 2.45) is 11.3 Å². The Labute approximate surface area is 206 Å². The average molecular weight is 479 g/mol. The standard InChI is InChI=1S/C28H46O6/c1-18(2)11-14-23-28(10,34-27(8,9)33-23)24-17-21(29)20(4)22(32-24)13-12-19(3)15-16-31-25(30)26(5,6)7/h11,15,20,22-24H,12-14,16-17H2,1-10H3/b19-15+/t20?,22-,23-,24+,28-/m0/s1. The van der Waals surface area contributed by atoms with Crippen molar-refractivity contribution in [3.05, 3.63) is 23.3 Å². The predicted molar refractivity (Wildman–Crippen MR) is 133 cm³/mol. The first-order chi connectivity index (χ1) is 15.5. The molecule has 0 aliphatic carbocycles. The van der Waals surface area contributed by atoms with Gasteiger partial charge >= 0.3 is 5.97 Å². The lowest BCUT2D eigenvalue weighted by atomic mass is 9.81. The minimum absolute atomic E-state index is 0.169. The fourth-order valence-corrected chi connectivity index (χ4v) is 4.53. The van der Waals surface area contributed by atoms with Gasteiger partial charge in [-0.15, -0.1) is 0 Å². The molecule has 5 atom stereocenters. The van der Waals surface area contributed by atoms with Gasteiger partial charge in [-0.1, -0.05) is 24.1 Å². The molecule has 2 aliphatic heterocycles. The number of rotatable bonds is 8. The molecule has 2 saturated heterocycles. The van der Waals surface area contributed by atoms with E-state index in [1.54, 1.807) is 0 Å². The summed E-state index contributed by atoms with van der Waals surface area (Å²) in [5.74, 6) is -0.911. The molecule has 0 aromatic rings. The molecule has 0 radical (unpaired) electrons. The average Bonchev–Trinajstić information content (AvgIpc) is 2.95. The Balaban J connectivity index is 2.06. The van der Waals surface area contributed by atoms with Crippen LogP contribution in [0.4, 0.5) is 0 Å². The maximum atomic E-state index is 13.0. The summed E-state index contributed by atoms with van der Waals surface area (Å²) < 4.78 is 24.5. The molecule has 2 fully saturated rings. The van der Waals surface area contributed by atoms with Gasteiger partial charge in [-0.3, -0.25) is 9.59 Å². The Bertz CT molecular complexity index is 798. The van der Waals surface area contributed by atoms with Gasteiger partial charge in [0.05, 0.1) is 23.7 Å². The van der Waals surface area contributed by atoms with Crippen LogP contribution in [0.3, 0.4) is 0 Å². The van der Waals surface area contributed by atoms with E-state index in [0.717, 1.165) is 18.4 Å². The van der Waals surface area contributed by atoms with Gasteiger partial charge in [-0.05, 0) is 87.7 Å². The molecular formula is C28H46O6. The lowest BCUT2D eigenvalue weighted by Gasteiger charge is -2.43. The van der Waals surface area contributed by atoms with Crippen LogP contribution in [0.5, 0.6) is 0 Å². The summed E-state index contributed by atoms with van der Waals surface area (Å²) in [4.78, 5) is 24.9. The van der Waals surface area contributed by atoms with Gasteiger partial charge in [0.15, 0.2) is 5.79 Å². The van der Waals surface area contributed by atoms with Crippen LogP contribution in [0.15, 0.2) is 23.3 Å². The molecule has 2 rings (SSSR count). The summed E-state index contributed by atoms with van der Waals surface area (Å²) in [5, 5.41) is 0. The molecule has 2 aliphatic rings. The number of carbonyl (C=O) groups excluding carboxylic acids is 2. The molecule has 6 nitrogen and oxygen atoms in total. The number of carbonyl (C=O) groups is 2. The van der Waals surface area contributed by atoms with Gasteiger partial charge in [-0.25, -0.2) is 0 Å². The van der Waals surface area contributed by atoms with Gasteiger partial charge in [0.1, 0.15) is 18.0 Å². The normalized spacial score (nSPS) is 31.9. The van der Waals surface area contributed by atoms with Crippen LogP contribution >= 0.6 is 0 Å². The molecule has 0 aromatic carbocycles. The lowest BCUT2D eigenvalue weighted by Crippen LogP contribution is -2.55. The van der Waals surface area contributed by atoms with Gasteiger partial charge in [0, 0.05) is 12.3 Å². The lowest BCUT2D eigenvalue weighted by molar-refractivity contribution is -0.209. The Morgan fingerprint density at radius 1 is 1.15 bits per heavy atom. The smallest absolute Gasteiger partial charge is 0.311 e. The van der Waals surface area contributed by atoms with E-state index in [2.05, 4.69) is 19.9 Å². The van der Waals surface area contributed by atoms with Crippen LogP contribution in [0.25, 0.3) is 0 Å². The number of hydrogen-bond donors (Lipinski definition) is 0. The quantitative estimate of drug-likeness (QED) is 0.318. The maximum absolute atomic E-state index is 13.0. The van der Waals surface area contributed by atoms with Gasteiger partial charge in [-0.2, -0.15) is 0 Å². The molecule has 0 aromatic heterocycles. The van der Waals surface area contributed by atoms with E-state index < -0.39 is 16.8 Å². The highest BCUT2D eigenvalue weighted by atomic mass is 16.8. The van der Waals surface area contributed by atoms with E-state index in [1.165, 1.54) is 5.57 Å². The number of ketones is 1. The number of esters is 1. The van der Waals surface area contributed by atoms with Crippen LogP contribution in [0, 0.1) is 11.3 Å². The van der Waals surface area contributed by atoms with E-state index in [0.29, 0.717) is 12.8 Å². The first kappa shape index (κ1) is 28.7. The van der Waals surface area contributed by atoms with Crippen LogP contribution in [-0.4, -0.2) is 48.1 Å². The number of ether oxygens (including phenoxy) is 4. The number of allylic oxidation sites excluding steroid dienone is 2. The van der Waals surface area contributed by atoms with E-state index in [1.807, 2.05) is 61.5 Å². The zero-order valence-corrected chi connectivity index (χ0v) is 22.9. The van der Waals surface area contributed by atoms with Crippen LogP contribution in [0.2, 0.25) is 0 Å². The van der Waals surface area contributed by atoms with Crippen LogP contribution in [-0.2, 0) is 28.5 Å². The molecular weight excluding hydrogens is 432 g/mol. The molecule has 2 heterocycles. The predicted octanol–water partition coefficient (Wildman–Crippen LogP) is 5.93. The van der Waals surface area contributed by atoms with Crippen LogP contribution in [0.1, 0.15) is 94.9 Å². The highest BCUT2D eigenvalue weighted by molar-refractivity contribution is 5.82. The SMILES string of the molecule is CC(C)=CC[C@@H]1OC(C)(C)O[C@]1(C)[C@H]1CC(=O)C(C)[C@H](CC/C(C)=C/COC(=O)C(C)(C)C)O1. The number of hydrogen-bond acceptors (Lipinski definition) is 6. The van der Waals surface area contributed by atoms with E-state index in [-0.39, 0.29) is 42.6 Å². The third-order valence-corrected chi connectivity index (χ3v) is 6.78. The fourth-order valence-electron chi connectivity index (χ4n) is 4.53. The van der Waals surface area contributed by atoms with E-state index in [9.17, 15) is 9.59 Å². The van der Waals surface area contributed by atoms with Gasteiger partial charge in [0.2, 0.25) is 0 Å². The van der Waals surface area contributed by atoms with Crippen molar-refractivity contribution in [3.8, 4) is 0 Å². The molecule has 0 amide bonds. The van der Waals surface area contributed by atoms with Crippen molar-refractivity contribution in [2.45, 2.75) is 125 Å². The number of Topliss-reactive ketones (excluding diaryl/α,β-unsaturated/α-hetero) is 1. The molecule has 0 N–H and O–H groups in total. The topological polar surface area (TPSA) is 71.1 Å². The molecule has 0 spiro atoms. The molecule has 194 valence electrons. The minimum atomic E-state index is -0.732. The van der Waals surface area contributed by atoms with E-state index >= 15 is 0 Å². The first-order valence-corrected chi connectivity index (χ1v) is 12.6. The molecule has 0 saturated carbocycles. The zero-order chi connectivity index (χ0) is 25.9. The fraction of sp³-hybridized carbons (Fsp3) is 0.786. The molecule has 0 bridgehead atoms. The Kier molecular flexibility index (Phi) is 9.34. The zero-order valence-electron chi connectivity index (χ0n) is 22.9. The van der Waals surface area contributed by atoms with Crippen molar-refractivity contribution >= 4 is 11.8 Å². The van der Waals surface area contributed by atoms with Crippen molar-refractivity contribution in [3.63, 3.8) is 0 Å². The summed E-state index contributed by atoms with van der Waals surface area (Å²) in [6.07, 6.45) is 5.87. The van der Waals surface area contributed by atoms with Crippen LogP contribution < -0.4 is 0 Å². The van der Waals surface area contributed by atoms with E-state index in [4.69, 9.17) is 18.9 Å². The Hall–Kier alpha value is -1.50. The molecule has 1 unspecified atom stereocenters. The van der Waals surface area contributed by atoms with Crippen molar-refractivity contribution in [1.82, 2.24) is 0 Å². The third kappa shape index (κ3) is 7.50. The summed E-state index contributed by atoms with van der Waals surface area (Å²) in [6, 6.07) is 0. The second-order valence-electron chi connectivity index (χ2n) is 11.9. The highest BCUT2D eigenvalue weighted by Crippen LogP contribution is 2.44. The summed E-state index contributed by atoms with van der Waals surface area (Å²) >= 11 is 0. The molecule has 6 heteroatoms. The summed E-state index contributed by atoms with van der Waals surface area (Å²) in [6.45, 7) is 19.7. The summed E-state index contributed by atoms with van der Waals surface area (Å²) in [5.41, 5.74) is 1.11. The highest BCUT2D eigenvalue weighted by Gasteiger charge is 2.56. The van der Waals surface area contributed by atoms with Crippen molar-refractivity contribution in [2.75, 3.05) is 6.61 Å². The first-order valence-electron chi connectivity index (χ1n) is 12.6. The second-order valence-corrected chi connectivity index (χ2v) is 11.9. The monoisotopic (exact) mass is 478 g/mol. The van der Waals surface area contributed by atoms with Crippen molar-refractivity contribution < 1.29 is 28.5 Å². The van der Waals surface area contributed by atoms with Gasteiger partial charge < -0.3 is 18.9 Å². The van der Waals surface area contributed by atoms with Gasteiger partial charge in [0.25, 0.3) is 0 Å². The Morgan fingerprint density at radius 2 is 1.79 bits per heavy atom. The molecule has 34 heavy (non-hydrogen) atoms. The second kappa shape index (κ2) is 11.0. The Morgan fingerprint density at radius 3 is 2.38 bits per heavy atom. The van der Waals surface area contributed by atoms with Crippen molar-refractivity contribution in [1.29, 1.82) is 0 Å². The minimum Gasteiger partial charge on any atom is -0.461 e.